The van der Waals surface area contributed by atoms with Crippen molar-refractivity contribution in [2.24, 2.45) is 0 Å². The second-order valence-electron chi connectivity index (χ2n) is 14.1. The molecule has 0 spiro atoms. The van der Waals surface area contributed by atoms with Crippen LogP contribution in [0.2, 0.25) is 0 Å². The molecule has 0 bridgehead atoms. The topological polar surface area (TPSA) is 85.9 Å². The van der Waals surface area contributed by atoms with Crippen molar-refractivity contribution in [3.05, 3.63) is 94.3 Å². The molecular weight excluding hydrogens is 574 g/mol. The molecule has 238 valence electrons. The summed E-state index contributed by atoms with van der Waals surface area (Å²) in [6, 6.07) is 19.5. The van der Waals surface area contributed by atoms with Gasteiger partial charge >= 0.3 is 0 Å². The lowest BCUT2D eigenvalue weighted by Gasteiger charge is -2.34. The number of benzene rings is 2. The lowest BCUT2D eigenvalue weighted by molar-refractivity contribution is -0.136. The number of nitrogens with one attached hydrogen (secondary N) is 1. The van der Waals surface area contributed by atoms with Gasteiger partial charge in [0.05, 0.1) is 0 Å². The highest BCUT2D eigenvalue weighted by Crippen LogP contribution is 2.40. The first-order valence-corrected chi connectivity index (χ1v) is 17.3. The fourth-order valence-corrected chi connectivity index (χ4v) is 8.09. The van der Waals surface area contributed by atoms with Gasteiger partial charge in [-0.05, 0) is 116 Å². The third kappa shape index (κ3) is 5.95. The average molecular weight is 618 g/mol. The Kier molecular flexibility index (Phi) is 7.84. The van der Waals surface area contributed by atoms with Gasteiger partial charge in [0.1, 0.15) is 6.04 Å². The molecule has 1 aliphatic carbocycles. The van der Waals surface area contributed by atoms with Crippen LogP contribution in [0.25, 0.3) is 0 Å². The van der Waals surface area contributed by atoms with Crippen LogP contribution in [0.4, 0.5) is 5.69 Å². The average Bonchev–Trinajstić information content (AvgIpc) is 3.89. The molecule has 1 unspecified atom stereocenters. The molecule has 8 heteroatoms. The number of imide groups is 1. The standard InChI is InChI=1S/C38H43N5O3/c44-36-12-11-35(37(45)40-36)43-24-31-21-29(5-9-33(31)38(43)46)26-13-17-41(18-14-26)23-25-1-7-32(8-2-25)42-19-15-27(16-20-42)30-6-10-34(39-22-30)28-3-4-28/h1-2,5-10,21-22,26-28,35H,3-4,11-20,23-24H2,(H,40,44,45). The Balaban J connectivity index is 0.814. The quantitative estimate of drug-likeness (QED) is 0.354. The Hall–Kier alpha value is -4.04. The Labute approximate surface area is 271 Å². The molecule has 1 N–H and O–H groups in total. The van der Waals surface area contributed by atoms with Gasteiger partial charge in [-0.3, -0.25) is 29.6 Å². The molecule has 2 aromatic carbocycles. The predicted molar refractivity (Wildman–Crippen MR) is 177 cm³/mol. The van der Waals surface area contributed by atoms with E-state index in [2.05, 4.69) is 69.8 Å². The minimum Gasteiger partial charge on any atom is -0.371 e. The highest BCUT2D eigenvalue weighted by molar-refractivity contribution is 6.05. The van der Waals surface area contributed by atoms with E-state index in [1.807, 2.05) is 6.07 Å². The number of anilines is 1. The van der Waals surface area contributed by atoms with Crippen LogP contribution in [-0.4, -0.2) is 64.7 Å². The van der Waals surface area contributed by atoms with Gasteiger partial charge in [0.25, 0.3) is 5.91 Å². The van der Waals surface area contributed by atoms with Gasteiger partial charge in [-0.1, -0.05) is 30.3 Å². The minimum absolute atomic E-state index is 0.104. The van der Waals surface area contributed by atoms with Gasteiger partial charge in [-0.15, -0.1) is 0 Å². The summed E-state index contributed by atoms with van der Waals surface area (Å²) in [5.41, 5.74) is 8.36. The monoisotopic (exact) mass is 617 g/mol. The molecule has 8 rings (SSSR count). The molecule has 8 nitrogen and oxygen atoms in total. The zero-order chi connectivity index (χ0) is 31.2. The second-order valence-corrected chi connectivity index (χ2v) is 14.1. The van der Waals surface area contributed by atoms with E-state index in [9.17, 15) is 14.4 Å². The number of aromatic nitrogens is 1. The van der Waals surface area contributed by atoms with Crippen molar-refractivity contribution < 1.29 is 14.4 Å². The lowest BCUT2D eigenvalue weighted by Crippen LogP contribution is -2.52. The number of likely N-dealkylation sites (tertiary alicyclic amines) is 1. The summed E-state index contributed by atoms with van der Waals surface area (Å²) in [5.74, 6) is 1.09. The molecule has 5 aliphatic rings. The number of fused-ring (bicyclic) bond motifs is 1. The summed E-state index contributed by atoms with van der Waals surface area (Å²) in [6.45, 7) is 5.69. The number of hydrogen-bond acceptors (Lipinski definition) is 6. The number of nitrogens with zero attached hydrogens (tertiary/aromatic N) is 4. The highest BCUT2D eigenvalue weighted by Gasteiger charge is 2.39. The van der Waals surface area contributed by atoms with Crippen molar-refractivity contribution in [1.29, 1.82) is 0 Å². The van der Waals surface area contributed by atoms with Crippen LogP contribution in [0.15, 0.2) is 60.8 Å². The molecule has 3 amide bonds. The summed E-state index contributed by atoms with van der Waals surface area (Å²) < 4.78 is 0. The summed E-state index contributed by atoms with van der Waals surface area (Å²) in [4.78, 5) is 48.5. The van der Waals surface area contributed by atoms with E-state index in [1.54, 1.807) is 4.90 Å². The number of piperidine rings is 3. The molecular formula is C38H43N5O3. The molecule has 46 heavy (non-hydrogen) atoms. The molecule has 3 saturated heterocycles. The van der Waals surface area contributed by atoms with Crippen LogP contribution < -0.4 is 10.2 Å². The van der Waals surface area contributed by atoms with Crippen molar-refractivity contribution >= 4 is 23.4 Å². The maximum atomic E-state index is 13.1. The Morgan fingerprint density at radius 1 is 0.739 bits per heavy atom. The number of pyridine rings is 1. The largest absolute Gasteiger partial charge is 0.371 e. The number of rotatable bonds is 7. The van der Waals surface area contributed by atoms with E-state index in [1.165, 1.54) is 53.8 Å². The molecule has 4 aliphatic heterocycles. The molecule has 1 saturated carbocycles. The molecule has 1 aromatic heterocycles. The first-order valence-electron chi connectivity index (χ1n) is 17.3. The summed E-state index contributed by atoms with van der Waals surface area (Å²) in [5, 5.41) is 2.39. The van der Waals surface area contributed by atoms with Gasteiger partial charge in [-0.25, -0.2) is 0 Å². The van der Waals surface area contributed by atoms with Gasteiger partial charge in [0.2, 0.25) is 11.8 Å². The molecule has 5 heterocycles. The minimum atomic E-state index is -0.567. The van der Waals surface area contributed by atoms with Crippen molar-refractivity contribution in [3.8, 4) is 0 Å². The number of hydrogen-bond donors (Lipinski definition) is 1. The van der Waals surface area contributed by atoms with E-state index < -0.39 is 6.04 Å². The zero-order valence-corrected chi connectivity index (χ0v) is 26.5. The molecule has 0 radical (unpaired) electrons. The Bertz CT molecular complexity index is 1620. The highest BCUT2D eigenvalue weighted by atomic mass is 16.2. The first kappa shape index (κ1) is 29.4. The number of carbonyl (C=O) groups excluding carboxylic acids is 3. The normalized spacial score (nSPS) is 23.1. The van der Waals surface area contributed by atoms with Gasteiger partial charge in [0.15, 0.2) is 0 Å². The number of amides is 3. The second kappa shape index (κ2) is 12.3. The third-order valence-electron chi connectivity index (χ3n) is 11.1. The fraction of sp³-hybridized carbons (Fsp3) is 0.474. The Morgan fingerprint density at radius 3 is 2.15 bits per heavy atom. The predicted octanol–water partition coefficient (Wildman–Crippen LogP) is 5.48. The third-order valence-corrected chi connectivity index (χ3v) is 11.1. The zero-order valence-electron chi connectivity index (χ0n) is 26.5. The maximum absolute atomic E-state index is 13.1. The van der Waals surface area contributed by atoms with Crippen molar-refractivity contribution in [3.63, 3.8) is 0 Å². The van der Waals surface area contributed by atoms with Crippen molar-refractivity contribution in [1.82, 2.24) is 20.1 Å². The summed E-state index contributed by atoms with van der Waals surface area (Å²) >= 11 is 0. The van der Waals surface area contributed by atoms with Crippen molar-refractivity contribution in [2.45, 2.75) is 88.3 Å². The van der Waals surface area contributed by atoms with Crippen LogP contribution in [0.1, 0.15) is 107 Å². The first-order chi connectivity index (χ1) is 22.5. The van der Waals surface area contributed by atoms with E-state index >= 15 is 0 Å². The van der Waals surface area contributed by atoms with Crippen LogP contribution in [0.5, 0.6) is 0 Å². The maximum Gasteiger partial charge on any atom is 0.255 e. The van der Waals surface area contributed by atoms with Gasteiger partial charge < -0.3 is 9.80 Å². The SMILES string of the molecule is O=C1CCC(N2Cc3cc(C4CCN(Cc5ccc(N6CCC(c7ccc(C8CC8)nc7)CC6)cc5)CC4)ccc3C2=O)C(=O)N1. The number of carbonyl (C=O) groups is 3. The van der Waals surface area contributed by atoms with E-state index in [0.29, 0.717) is 30.4 Å². The van der Waals surface area contributed by atoms with Crippen LogP contribution in [0.3, 0.4) is 0 Å². The van der Waals surface area contributed by atoms with Gasteiger partial charge in [0, 0.05) is 61.7 Å². The smallest absolute Gasteiger partial charge is 0.255 e. The molecule has 1 atom stereocenters. The lowest BCUT2D eigenvalue weighted by atomic mass is 9.87. The Morgan fingerprint density at radius 2 is 1.46 bits per heavy atom. The fourth-order valence-electron chi connectivity index (χ4n) is 8.09. The van der Waals surface area contributed by atoms with Crippen LogP contribution >= 0.6 is 0 Å². The van der Waals surface area contributed by atoms with E-state index in [4.69, 9.17) is 4.98 Å². The van der Waals surface area contributed by atoms with Crippen LogP contribution in [-0.2, 0) is 22.7 Å². The van der Waals surface area contributed by atoms with E-state index in [-0.39, 0.29) is 24.1 Å². The molecule has 4 fully saturated rings. The van der Waals surface area contributed by atoms with Gasteiger partial charge in [-0.2, -0.15) is 0 Å². The van der Waals surface area contributed by atoms with Crippen LogP contribution in [0, 0.1) is 0 Å². The molecule has 3 aromatic rings. The summed E-state index contributed by atoms with van der Waals surface area (Å²) in [6.07, 6.45) is 9.96. The van der Waals surface area contributed by atoms with Crippen molar-refractivity contribution in [2.75, 3.05) is 31.1 Å². The van der Waals surface area contributed by atoms with E-state index in [0.717, 1.165) is 57.0 Å². The summed E-state index contributed by atoms with van der Waals surface area (Å²) in [7, 11) is 0.